The van der Waals surface area contributed by atoms with Crippen LogP contribution in [0.5, 0.6) is 0 Å². The van der Waals surface area contributed by atoms with E-state index in [1.807, 2.05) is 0 Å². The van der Waals surface area contributed by atoms with Crippen molar-refractivity contribution in [1.29, 1.82) is 0 Å². The molecule has 0 fully saturated rings. The molecule has 21 nitrogen and oxygen atoms in total. The summed E-state index contributed by atoms with van der Waals surface area (Å²) in [7, 11) is 1.48. The summed E-state index contributed by atoms with van der Waals surface area (Å²) in [5.74, 6) is -6.94. The van der Waals surface area contributed by atoms with Gasteiger partial charge in [0.25, 0.3) is 11.8 Å². The van der Waals surface area contributed by atoms with Crippen LogP contribution >= 0.6 is 0 Å². The Morgan fingerprint density at radius 3 is 2.00 bits per heavy atom. The molecule has 1 aromatic rings. The van der Waals surface area contributed by atoms with E-state index in [4.69, 9.17) is 24.1 Å². The first-order valence-electron chi connectivity index (χ1n) is 17.3. The normalized spacial score (nSPS) is 13.3. The predicted molar refractivity (Wildman–Crippen MR) is 193 cm³/mol. The maximum Gasteiger partial charge on any atom is 0.410 e. The molecule has 0 spiro atoms. The van der Waals surface area contributed by atoms with Gasteiger partial charge in [0.2, 0.25) is 29.5 Å². The minimum atomic E-state index is -1.59. The van der Waals surface area contributed by atoms with E-state index in [-0.39, 0.29) is 32.8 Å². The molecule has 1 aromatic carbocycles. The highest BCUT2D eigenvalue weighted by Crippen LogP contribution is 2.15. The van der Waals surface area contributed by atoms with Gasteiger partial charge in [-0.25, -0.2) is 9.59 Å². The Balaban J connectivity index is 2.04. The van der Waals surface area contributed by atoms with Crippen LogP contribution < -0.4 is 26.6 Å². The highest BCUT2D eigenvalue weighted by molar-refractivity contribution is 6.15. The van der Waals surface area contributed by atoms with Gasteiger partial charge in [-0.2, -0.15) is 0 Å². The number of amides is 8. The highest BCUT2D eigenvalue weighted by Gasteiger charge is 2.39. The van der Waals surface area contributed by atoms with Gasteiger partial charge in [-0.05, 0) is 26.3 Å². The molecule has 0 aromatic heterocycles. The fourth-order valence-electron chi connectivity index (χ4n) is 4.67. The number of nitrogens with zero attached hydrogens (tertiary/aromatic N) is 2. The SMILES string of the molecule is COCCOCCN(C[C@@H](C(=O)NCC(=O)NCC(=O)N[C@@H](Cc1ccccc1)C(=O)NCC(=O)NCOCC(=O)O)N1C(=O)C=CC1=O)C(=O)OC(C)(C)C. The third kappa shape index (κ3) is 17.9. The lowest BCUT2D eigenvalue weighted by molar-refractivity contribution is -0.146. The maximum absolute atomic E-state index is 13.5. The number of rotatable bonds is 24. The van der Waals surface area contributed by atoms with Crippen LogP contribution in [0.3, 0.4) is 0 Å². The summed E-state index contributed by atoms with van der Waals surface area (Å²) in [5, 5.41) is 20.3. The van der Waals surface area contributed by atoms with Gasteiger partial charge < -0.3 is 55.5 Å². The van der Waals surface area contributed by atoms with Crippen LogP contribution in [0.25, 0.3) is 0 Å². The average Bonchev–Trinajstić information content (AvgIpc) is 3.47. The molecule has 1 aliphatic rings. The van der Waals surface area contributed by atoms with Crippen LogP contribution in [0, 0.1) is 0 Å². The Labute approximate surface area is 322 Å². The molecule has 0 radical (unpaired) electrons. The number of hydrogen-bond acceptors (Lipinski definition) is 13. The molecule has 1 aliphatic heterocycles. The van der Waals surface area contributed by atoms with Crippen molar-refractivity contribution < 1.29 is 67.2 Å². The molecular formula is C35H49N7O14. The van der Waals surface area contributed by atoms with Crippen molar-refractivity contribution in [3.8, 4) is 0 Å². The predicted octanol–water partition coefficient (Wildman–Crippen LogP) is -2.57. The number of ether oxygens (including phenoxy) is 4. The number of aliphatic carboxylic acids is 1. The lowest BCUT2D eigenvalue weighted by Gasteiger charge is -2.32. The molecule has 56 heavy (non-hydrogen) atoms. The van der Waals surface area contributed by atoms with E-state index < -0.39 is 111 Å². The Kier molecular flexibility index (Phi) is 19.6. The van der Waals surface area contributed by atoms with Crippen LogP contribution in [0.2, 0.25) is 0 Å². The second kappa shape index (κ2) is 23.8. The highest BCUT2D eigenvalue weighted by atomic mass is 16.6. The second-order valence-electron chi connectivity index (χ2n) is 12.9. The lowest BCUT2D eigenvalue weighted by Crippen LogP contribution is -2.57. The first-order valence-corrected chi connectivity index (χ1v) is 17.3. The fraction of sp³-hybridized carbons (Fsp3) is 0.514. The number of nitrogens with one attached hydrogen (secondary N) is 5. The average molecular weight is 792 g/mol. The molecule has 1 heterocycles. The van der Waals surface area contributed by atoms with E-state index in [1.54, 1.807) is 51.1 Å². The van der Waals surface area contributed by atoms with Crippen molar-refractivity contribution in [2.24, 2.45) is 0 Å². The smallest absolute Gasteiger partial charge is 0.410 e. The van der Waals surface area contributed by atoms with Crippen LogP contribution in [-0.2, 0) is 63.7 Å². The lowest BCUT2D eigenvalue weighted by atomic mass is 10.1. The Morgan fingerprint density at radius 1 is 0.786 bits per heavy atom. The number of carbonyl (C=O) groups is 9. The molecule has 2 rings (SSSR count). The van der Waals surface area contributed by atoms with Crippen LogP contribution in [0.15, 0.2) is 42.5 Å². The van der Waals surface area contributed by atoms with E-state index in [0.717, 1.165) is 17.1 Å². The summed E-state index contributed by atoms with van der Waals surface area (Å²) in [6.07, 6.45) is 1.07. The summed E-state index contributed by atoms with van der Waals surface area (Å²) >= 11 is 0. The van der Waals surface area contributed by atoms with Crippen molar-refractivity contribution in [3.63, 3.8) is 0 Å². The van der Waals surface area contributed by atoms with Gasteiger partial charge in [-0.3, -0.25) is 38.5 Å². The third-order valence-electron chi connectivity index (χ3n) is 7.26. The maximum atomic E-state index is 13.5. The summed E-state index contributed by atoms with van der Waals surface area (Å²) in [5.41, 5.74) is -0.270. The summed E-state index contributed by atoms with van der Waals surface area (Å²) in [6, 6.07) is 5.81. The van der Waals surface area contributed by atoms with Crippen molar-refractivity contribution >= 4 is 53.4 Å². The van der Waals surface area contributed by atoms with Crippen LogP contribution in [0.4, 0.5) is 4.79 Å². The zero-order valence-electron chi connectivity index (χ0n) is 31.6. The number of carboxylic acid groups (broad SMARTS) is 1. The molecule has 0 saturated carbocycles. The molecule has 21 heteroatoms. The van der Waals surface area contributed by atoms with E-state index in [0.29, 0.717) is 10.5 Å². The number of imide groups is 1. The molecule has 0 unspecified atom stereocenters. The number of carbonyl (C=O) groups excluding carboxylic acids is 8. The first kappa shape index (κ1) is 46.2. The van der Waals surface area contributed by atoms with E-state index >= 15 is 0 Å². The first-order chi connectivity index (χ1) is 26.5. The molecule has 8 amide bonds. The van der Waals surface area contributed by atoms with Gasteiger partial charge in [-0.1, -0.05) is 30.3 Å². The van der Waals surface area contributed by atoms with Gasteiger partial charge >= 0.3 is 12.1 Å². The van der Waals surface area contributed by atoms with Crippen molar-refractivity contribution in [3.05, 3.63) is 48.0 Å². The zero-order valence-corrected chi connectivity index (χ0v) is 31.6. The monoisotopic (exact) mass is 791 g/mol. The van der Waals surface area contributed by atoms with Gasteiger partial charge in [0, 0.05) is 32.2 Å². The number of methoxy groups -OCH3 is 1. The van der Waals surface area contributed by atoms with Gasteiger partial charge in [0.05, 0.1) is 46.0 Å². The summed E-state index contributed by atoms with van der Waals surface area (Å²) < 4.78 is 20.6. The van der Waals surface area contributed by atoms with Crippen LogP contribution in [0.1, 0.15) is 26.3 Å². The molecule has 0 bridgehead atoms. The third-order valence-corrected chi connectivity index (χ3v) is 7.26. The minimum absolute atomic E-state index is 0.00361. The minimum Gasteiger partial charge on any atom is -0.480 e. The summed E-state index contributed by atoms with van der Waals surface area (Å²) in [4.78, 5) is 115. The molecular weight excluding hydrogens is 742 g/mol. The number of carboxylic acids is 1. The molecule has 6 N–H and O–H groups in total. The topological polar surface area (TPSA) is 277 Å². The molecule has 0 aliphatic carbocycles. The van der Waals surface area contributed by atoms with Gasteiger partial charge in [-0.15, -0.1) is 0 Å². The van der Waals surface area contributed by atoms with Crippen molar-refractivity contribution in [2.45, 2.75) is 44.9 Å². The van der Waals surface area contributed by atoms with E-state index in [2.05, 4.69) is 26.6 Å². The van der Waals surface area contributed by atoms with Gasteiger partial charge in [0.15, 0.2) is 0 Å². The molecule has 308 valence electrons. The van der Waals surface area contributed by atoms with Crippen LogP contribution in [-0.4, -0.2) is 159 Å². The number of hydrogen-bond donors (Lipinski definition) is 6. The molecule has 0 saturated heterocycles. The second-order valence-corrected chi connectivity index (χ2v) is 12.9. The Hall–Kier alpha value is -5.93. The van der Waals surface area contributed by atoms with Crippen molar-refractivity contribution in [2.75, 3.05) is 73.0 Å². The standard InChI is InChI=1S/C35H49N7O14/c1-35(2,3)56-34(52)41(12-13-54-15-14-53-4)20-25(42-29(46)10-11-30(42)47)33(51)38-17-26(43)36-19-28(45)40-24(16-23-8-6-5-7-9-23)32(50)37-18-27(44)39-22-55-21-31(48)49/h5-11,24-25H,12-22H2,1-4H3,(H,36,43)(H,37,50)(H,38,51)(H,39,44)(H,40,45)(H,48,49)/t24-,25-/m0/s1. The Morgan fingerprint density at radius 2 is 1.39 bits per heavy atom. The fourth-order valence-corrected chi connectivity index (χ4v) is 4.67. The van der Waals surface area contributed by atoms with E-state index in [9.17, 15) is 43.2 Å². The largest absolute Gasteiger partial charge is 0.480 e. The Bertz CT molecular complexity index is 1560. The van der Waals surface area contributed by atoms with Gasteiger partial charge in [0.1, 0.15) is 31.0 Å². The molecule has 2 atom stereocenters. The zero-order chi connectivity index (χ0) is 41.7. The van der Waals surface area contributed by atoms with Crippen molar-refractivity contribution in [1.82, 2.24) is 36.4 Å². The summed E-state index contributed by atoms with van der Waals surface area (Å²) in [6.45, 7) is 1.85. The number of benzene rings is 1. The quantitative estimate of drug-likeness (QED) is 0.0357. The van der Waals surface area contributed by atoms with E-state index in [1.165, 1.54) is 7.11 Å².